The Morgan fingerprint density at radius 1 is 0.868 bits per heavy atom. The molecule has 3 aromatic carbocycles. The van der Waals surface area contributed by atoms with Gasteiger partial charge >= 0.3 is 0 Å². The van der Waals surface area contributed by atoms with Gasteiger partial charge in [-0.05, 0) is 61.4 Å². The topological polar surface area (TPSA) is 104 Å². The summed E-state index contributed by atoms with van der Waals surface area (Å²) in [4.78, 5) is 0.321. The Morgan fingerprint density at radius 3 is 2.00 bits per heavy atom. The molecule has 3 rings (SSSR count). The van der Waals surface area contributed by atoms with E-state index in [1.54, 1.807) is 67.6 Å². The standard InChI is InChI=1S/C28H32N2O6S2/c1-5-6-19-36-25-13-17-26(18-14-25)37(32,33)21-28(30(4)31)24-11-9-23(10-12-24)20-29(3)38(34,35)27-15-7-22(2)8-16-27/h7-18,28,31H,19-21H2,1-4H3. The van der Waals surface area contributed by atoms with Gasteiger partial charge in [0.05, 0.1) is 21.6 Å². The summed E-state index contributed by atoms with van der Waals surface area (Å²) in [7, 11) is -4.52. The number of aryl methyl sites for hydroxylation is 1. The predicted octanol–water partition coefficient (Wildman–Crippen LogP) is 4.05. The first kappa shape index (κ1) is 29.4. The van der Waals surface area contributed by atoms with Crippen molar-refractivity contribution in [3.8, 4) is 17.6 Å². The van der Waals surface area contributed by atoms with Gasteiger partial charge in [-0.15, -0.1) is 5.92 Å². The molecule has 3 aromatic rings. The highest BCUT2D eigenvalue weighted by atomic mass is 32.2. The second kappa shape index (κ2) is 12.6. The summed E-state index contributed by atoms with van der Waals surface area (Å²) in [6.45, 7) is 3.94. The molecule has 0 amide bonds. The van der Waals surface area contributed by atoms with Gasteiger partial charge in [0.2, 0.25) is 10.0 Å². The fourth-order valence-corrected chi connectivity index (χ4v) is 6.46. The maximum atomic E-state index is 13.1. The molecule has 0 saturated heterocycles. The van der Waals surface area contributed by atoms with Gasteiger partial charge in [-0.1, -0.05) is 47.9 Å². The molecule has 0 spiro atoms. The molecule has 0 saturated carbocycles. The van der Waals surface area contributed by atoms with E-state index in [1.807, 2.05) is 6.92 Å². The van der Waals surface area contributed by atoms with E-state index in [4.69, 9.17) is 4.74 Å². The second-order valence-electron chi connectivity index (χ2n) is 8.87. The molecule has 1 unspecified atom stereocenters. The summed E-state index contributed by atoms with van der Waals surface area (Å²) < 4.78 is 58.7. The third-order valence-corrected chi connectivity index (χ3v) is 9.56. The molecule has 0 bridgehead atoms. The van der Waals surface area contributed by atoms with Crippen LogP contribution in [0.2, 0.25) is 0 Å². The molecule has 202 valence electrons. The lowest BCUT2D eigenvalue weighted by Gasteiger charge is -2.23. The zero-order valence-corrected chi connectivity index (χ0v) is 23.5. The fourth-order valence-electron chi connectivity index (χ4n) is 3.74. The minimum atomic E-state index is -3.75. The molecular formula is C28H32N2O6S2. The van der Waals surface area contributed by atoms with Crippen molar-refractivity contribution < 1.29 is 26.8 Å². The van der Waals surface area contributed by atoms with Crippen molar-refractivity contribution in [1.82, 2.24) is 9.37 Å². The number of sulfonamides is 1. The number of hydrogen-bond acceptors (Lipinski definition) is 7. The van der Waals surface area contributed by atoms with E-state index in [-0.39, 0.29) is 28.7 Å². The summed E-state index contributed by atoms with van der Waals surface area (Å²) in [5.41, 5.74) is 2.26. The maximum Gasteiger partial charge on any atom is 0.243 e. The first-order valence-electron chi connectivity index (χ1n) is 11.8. The zero-order valence-electron chi connectivity index (χ0n) is 21.8. The summed E-state index contributed by atoms with van der Waals surface area (Å²) in [5.74, 6) is 5.64. The average molecular weight is 557 g/mol. The summed E-state index contributed by atoms with van der Waals surface area (Å²) in [5, 5.41) is 11.1. The van der Waals surface area contributed by atoms with Gasteiger partial charge in [0.15, 0.2) is 9.84 Å². The van der Waals surface area contributed by atoms with Gasteiger partial charge in [0.25, 0.3) is 0 Å². The Kier molecular flexibility index (Phi) is 9.71. The number of sulfone groups is 1. The molecule has 8 nitrogen and oxygen atoms in total. The highest BCUT2D eigenvalue weighted by Crippen LogP contribution is 2.26. The van der Waals surface area contributed by atoms with Crippen molar-refractivity contribution in [2.24, 2.45) is 0 Å². The van der Waals surface area contributed by atoms with Crippen LogP contribution in [0.4, 0.5) is 0 Å². The van der Waals surface area contributed by atoms with Crippen LogP contribution in [-0.2, 0) is 26.4 Å². The fraction of sp³-hybridized carbons (Fsp3) is 0.286. The van der Waals surface area contributed by atoms with Gasteiger partial charge < -0.3 is 9.94 Å². The Balaban J connectivity index is 1.72. The van der Waals surface area contributed by atoms with E-state index in [1.165, 1.54) is 30.5 Å². The number of hydrogen-bond donors (Lipinski definition) is 1. The molecule has 0 aliphatic heterocycles. The van der Waals surface area contributed by atoms with E-state index < -0.39 is 25.9 Å². The normalized spacial score (nSPS) is 12.7. The van der Waals surface area contributed by atoms with Gasteiger partial charge in [-0.25, -0.2) is 16.8 Å². The Hall–Kier alpha value is -3.20. The van der Waals surface area contributed by atoms with Gasteiger partial charge in [0.1, 0.15) is 12.4 Å². The minimum absolute atomic E-state index is 0.109. The van der Waals surface area contributed by atoms with E-state index in [0.717, 1.165) is 16.2 Å². The van der Waals surface area contributed by atoms with Crippen LogP contribution in [0.5, 0.6) is 5.75 Å². The number of rotatable bonds is 11. The lowest BCUT2D eigenvalue weighted by Crippen LogP contribution is -2.28. The molecule has 0 aliphatic carbocycles. The first-order chi connectivity index (χ1) is 17.9. The molecular weight excluding hydrogens is 524 g/mol. The van der Waals surface area contributed by atoms with Crippen molar-refractivity contribution in [3.05, 3.63) is 89.5 Å². The van der Waals surface area contributed by atoms with Crippen molar-refractivity contribution in [2.45, 2.75) is 36.2 Å². The number of nitrogens with zero attached hydrogens (tertiary/aromatic N) is 2. The number of benzene rings is 3. The van der Waals surface area contributed by atoms with Crippen LogP contribution < -0.4 is 4.74 Å². The second-order valence-corrected chi connectivity index (χ2v) is 13.0. The molecule has 0 fully saturated rings. The summed E-state index contributed by atoms with van der Waals surface area (Å²) in [6.07, 6.45) is 0. The highest BCUT2D eigenvalue weighted by Gasteiger charge is 2.26. The Morgan fingerprint density at radius 2 is 1.45 bits per heavy atom. The van der Waals surface area contributed by atoms with Crippen LogP contribution in [0.25, 0.3) is 0 Å². The molecule has 38 heavy (non-hydrogen) atoms. The van der Waals surface area contributed by atoms with Crippen LogP contribution in [-0.4, -0.2) is 57.9 Å². The first-order valence-corrected chi connectivity index (χ1v) is 14.9. The third-order valence-electron chi connectivity index (χ3n) is 6.00. The van der Waals surface area contributed by atoms with Crippen LogP contribution in [0, 0.1) is 18.8 Å². The van der Waals surface area contributed by atoms with Crippen molar-refractivity contribution in [2.75, 3.05) is 26.5 Å². The molecule has 0 radical (unpaired) electrons. The summed E-state index contributed by atoms with van der Waals surface area (Å²) >= 11 is 0. The largest absolute Gasteiger partial charge is 0.481 e. The predicted molar refractivity (Wildman–Crippen MR) is 146 cm³/mol. The van der Waals surface area contributed by atoms with E-state index in [0.29, 0.717) is 11.3 Å². The Labute approximate surface area is 225 Å². The van der Waals surface area contributed by atoms with E-state index in [2.05, 4.69) is 11.8 Å². The van der Waals surface area contributed by atoms with Crippen LogP contribution >= 0.6 is 0 Å². The summed E-state index contributed by atoms with van der Waals surface area (Å²) in [6, 6.07) is 18.7. The van der Waals surface area contributed by atoms with Crippen molar-refractivity contribution >= 4 is 19.9 Å². The molecule has 1 atom stereocenters. The molecule has 0 aromatic heterocycles. The average Bonchev–Trinajstić information content (AvgIpc) is 2.88. The van der Waals surface area contributed by atoms with Gasteiger partial charge in [0, 0.05) is 20.6 Å². The zero-order chi connectivity index (χ0) is 27.9. The van der Waals surface area contributed by atoms with E-state index >= 15 is 0 Å². The molecule has 0 aliphatic rings. The number of ether oxygens (including phenoxy) is 1. The van der Waals surface area contributed by atoms with Crippen molar-refractivity contribution in [1.29, 1.82) is 0 Å². The van der Waals surface area contributed by atoms with Gasteiger partial charge in [-0.3, -0.25) is 0 Å². The highest BCUT2D eigenvalue weighted by molar-refractivity contribution is 7.91. The maximum absolute atomic E-state index is 13.1. The molecule has 10 heteroatoms. The van der Waals surface area contributed by atoms with E-state index in [9.17, 15) is 22.0 Å². The number of hydroxylamine groups is 2. The molecule has 1 N–H and O–H groups in total. The lowest BCUT2D eigenvalue weighted by atomic mass is 10.1. The third kappa shape index (κ3) is 7.43. The minimum Gasteiger partial charge on any atom is -0.481 e. The SMILES string of the molecule is CC#CCOc1ccc(S(=O)(=O)CC(c2ccc(CN(C)S(=O)(=O)c3ccc(C)cc3)cc2)N(C)O)cc1. The van der Waals surface area contributed by atoms with Crippen LogP contribution in [0.15, 0.2) is 82.6 Å². The quantitative estimate of drug-likeness (QED) is 0.281. The lowest BCUT2D eigenvalue weighted by molar-refractivity contribution is -0.0973. The van der Waals surface area contributed by atoms with Crippen LogP contribution in [0.1, 0.15) is 29.7 Å². The van der Waals surface area contributed by atoms with Crippen molar-refractivity contribution in [3.63, 3.8) is 0 Å². The van der Waals surface area contributed by atoms with Crippen LogP contribution in [0.3, 0.4) is 0 Å². The molecule has 0 heterocycles. The van der Waals surface area contributed by atoms with Gasteiger partial charge in [-0.2, -0.15) is 9.37 Å². The monoisotopic (exact) mass is 556 g/mol. The smallest absolute Gasteiger partial charge is 0.243 e. The Bertz CT molecular complexity index is 1490.